The summed E-state index contributed by atoms with van der Waals surface area (Å²) in [5.41, 5.74) is -0.722. The lowest BCUT2D eigenvalue weighted by Crippen LogP contribution is -2.43. The van der Waals surface area contributed by atoms with E-state index in [1.807, 2.05) is 24.3 Å². The van der Waals surface area contributed by atoms with E-state index >= 15 is 0 Å². The number of carbonyl (C=O) groups excluding carboxylic acids is 2. The average molecular weight is 584 g/mol. The molecule has 3 aromatic rings. The first-order chi connectivity index (χ1) is 16.6. The number of hydrogen-bond donors (Lipinski definition) is 1. The van der Waals surface area contributed by atoms with Crippen molar-refractivity contribution in [2.45, 2.75) is 40.0 Å². The van der Waals surface area contributed by atoms with Crippen LogP contribution in [-0.4, -0.2) is 17.6 Å². The second kappa shape index (κ2) is 8.29. The van der Waals surface area contributed by atoms with Crippen molar-refractivity contribution in [3.05, 3.63) is 74.2 Å². The monoisotopic (exact) mass is 584 g/mol. The van der Waals surface area contributed by atoms with Crippen LogP contribution in [0.15, 0.2) is 69.0 Å². The number of para-hydroxylation sites is 1. The van der Waals surface area contributed by atoms with Crippen LogP contribution in [0.1, 0.15) is 50.4 Å². The highest BCUT2D eigenvalue weighted by Crippen LogP contribution is 2.71. The van der Waals surface area contributed by atoms with E-state index in [0.717, 1.165) is 15.7 Å². The normalized spacial score (nSPS) is 25.7. The van der Waals surface area contributed by atoms with Gasteiger partial charge in [0.05, 0.1) is 11.1 Å². The molecule has 2 aliphatic rings. The highest BCUT2D eigenvalue weighted by atomic mass is 127. The highest BCUT2D eigenvalue weighted by molar-refractivity contribution is 14.1. The number of fused-ring (bicyclic) bond motifs is 3. The third kappa shape index (κ3) is 3.61. The summed E-state index contributed by atoms with van der Waals surface area (Å²) in [6.07, 6.45) is 1.84. The van der Waals surface area contributed by atoms with Crippen molar-refractivity contribution < 1.29 is 18.8 Å². The Bertz CT molecular complexity index is 1440. The summed E-state index contributed by atoms with van der Waals surface area (Å²) in [5, 5.41) is 7.92. The van der Waals surface area contributed by atoms with Gasteiger partial charge in [-0.25, -0.2) is 9.59 Å². The SMILES string of the molecule is CC12CCC(C(=O)Nc3ccc(I)cc3)(CC1=NOC(=O)c1cc3ccccc3oc1=O)C2(C)C. The zero-order valence-corrected chi connectivity index (χ0v) is 21.8. The lowest BCUT2D eigenvalue weighted by Gasteiger charge is -2.39. The van der Waals surface area contributed by atoms with Crippen LogP contribution in [-0.2, 0) is 9.63 Å². The first kappa shape index (κ1) is 23.7. The first-order valence-electron chi connectivity index (χ1n) is 11.5. The van der Waals surface area contributed by atoms with Gasteiger partial charge in [-0.15, -0.1) is 0 Å². The van der Waals surface area contributed by atoms with Gasteiger partial charge < -0.3 is 14.6 Å². The van der Waals surface area contributed by atoms with Gasteiger partial charge in [0, 0.05) is 26.5 Å². The molecule has 0 saturated heterocycles. The van der Waals surface area contributed by atoms with Crippen molar-refractivity contribution in [2.75, 3.05) is 5.32 Å². The van der Waals surface area contributed by atoms with Crippen molar-refractivity contribution in [3.8, 4) is 0 Å². The number of benzene rings is 2. The molecule has 35 heavy (non-hydrogen) atoms. The zero-order chi connectivity index (χ0) is 25.0. The molecule has 1 amide bonds. The number of oxime groups is 1. The number of anilines is 1. The third-order valence-corrected chi connectivity index (χ3v) is 9.09. The summed E-state index contributed by atoms with van der Waals surface area (Å²) in [4.78, 5) is 43.9. The van der Waals surface area contributed by atoms with Crippen LogP contribution < -0.4 is 10.9 Å². The second-order valence-corrected chi connectivity index (χ2v) is 11.3. The minimum Gasteiger partial charge on any atom is -0.422 e. The molecule has 2 atom stereocenters. The Labute approximate surface area is 216 Å². The van der Waals surface area contributed by atoms with Crippen LogP contribution in [0.2, 0.25) is 0 Å². The molecule has 7 nitrogen and oxygen atoms in total. The fourth-order valence-corrected chi connectivity index (χ4v) is 6.02. The van der Waals surface area contributed by atoms with Gasteiger partial charge in [0.15, 0.2) is 0 Å². The van der Waals surface area contributed by atoms with E-state index in [2.05, 4.69) is 53.8 Å². The smallest absolute Gasteiger partial charge is 0.373 e. The van der Waals surface area contributed by atoms with E-state index in [1.54, 1.807) is 24.3 Å². The summed E-state index contributed by atoms with van der Waals surface area (Å²) in [6, 6.07) is 16.1. The molecule has 1 heterocycles. The molecular weight excluding hydrogens is 559 g/mol. The molecule has 2 fully saturated rings. The molecule has 2 bridgehead atoms. The number of rotatable bonds is 4. The van der Waals surface area contributed by atoms with E-state index in [0.29, 0.717) is 29.5 Å². The van der Waals surface area contributed by atoms with Gasteiger partial charge in [0.1, 0.15) is 11.1 Å². The van der Waals surface area contributed by atoms with Crippen LogP contribution in [0, 0.1) is 19.8 Å². The molecule has 5 rings (SSSR count). The fourth-order valence-electron chi connectivity index (χ4n) is 5.66. The minimum absolute atomic E-state index is 0.0564. The molecule has 0 spiro atoms. The maximum Gasteiger partial charge on any atom is 0.373 e. The number of amides is 1. The van der Waals surface area contributed by atoms with Crippen LogP contribution in [0.5, 0.6) is 0 Å². The van der Waals surface area contributed by atoms with Crippen LogP contribution in [0.4, 0.5) is 5.69 Å². The average Bonchev–Trinajstić information content (AvgIpc) is 3.14. The molecule has 1 aromatic heterocycles. The topological polar surface area (TPSA) is 98.0 Å². The Morgan fingerprint density at radius 3 is 2.51 bits per heavy atom. The molecule has 1 N–H and O–H groups in total. The van der Waals surface area contributed by atoms with Crippen LogP contribution >= 0.6 is 22.6 Å². The quantitative estimate of drug-likeness (QED) is 0.182. The molecule has 2 unspecified atom stereocenters. The van der Waals surface area contributed by atoms with Crippen LogP contribution in [0.3, 0.4) is 0 Å². The van der Waals surface area contributed by atoms with Gasteiger partial charge in [-0.05, 0) is 77.2 Å². The molecule has 0 radical (unpaired) electrons. The standard InChI is InChI=1S/C27H25IN2O5/c1-25(2)26(3)12-13-27(25,24(33)29-18-10-8-17(28)9-11-18)15-21(26)30-35-23(32)19-14-16-6-4-5-7-20(16)34-22(19)31/h4-11,14H,12-13,15H2,1-3H3,(H,29,33). The molecule has 180 valence electrons. The molecule has 2 aromatic carbocycles. The van der Waals surface area contributed by atoms with Crippen molar-refractivity contribution in [3.63, 3.8) is 0 Å². The number of nitrogens with one attached hydrogen (secondary N) is 1. The number of hydrogen-bond acceptors (Lipinski definition) is 6. The molecule has 2 saturated carbocycles. The van der Waals surface area contributed by atoms with Crippen molar-refractivity contribution in [1.29, 1.82) is 0 Å². The molecule has 8 heteroatoms. The fraction of sp³-hybridized carbons (Fsp3) is 0.333. The van der Waals surface area contributed by atoms with Gasteiger partial charge >= 0.3 is 11.6 Å². The van der Waals surface area contributed by atoms with Gasteiger partial charge in [0.25, 0.3) is 0 Å². The Balaban J connectivity index is 1.41. The van der Waals surface area contributed by atoms with Gasteiger partial charge in [-0.3, -0.25) is 4.79 Å². The lowest BCUT2D eigenvalue weighted by molar-refractivity contribution is -0.130. The second-order valence-electron chi connectivity index (χ2n) is 10.1. The number of nitrogens with zero attached hydrogens (tertiary/aromatic N) is 1. The summed E-state index contributed by atoms with van der Waals surface area (Å²) in [6.45, 7) is 6.22. The largest absolute Gasteiger partial charge is 0.422 e. The van der Waals surface area contributed by atoms with Gasteiger partial charge in [-0.2, -0.15) is 0 Å². The maximum absolute atomic E-state index is 13.6. The Kier molecular flexibility index (Phi) is 5.62. The summed E-state index contributed by atoms with van der Waals surface area (Å²) < 4.78 is 6.33. The summed E-state index contributed by atoms with van der Waals surface area (Å²) in [5.74, 6) is -0.933. The van der Waals surface area contributed by atoms with E-state index in [4.69, 9.17) is 9.25 Å². The molecule has 2 aliphatic carbocycles. The Morgan fingerprint density at radius 2 is 1.77 bits per heavy atom. The third-order valence-electron chi connectivity index (χ3n) is 8.37. The predicted molar refractivity (Wildman–Crippen MR) is 141 cm³/mol. The van der Waals surface area contributed by atoms with E-state index in [9.17, 15) is 14.4 Å². The zero-order valence-electron chi connectivity index (χ0n) is 19.7. The number of halogens is 1. The summed E-state index contributed by atoms with van der Waals surface area (Å²) >= 11 is 2.22. The van der Waals surface area contributed by atoms with E-state index in [1.165, 1.54) is 6.07 Å². The van der Waals surface area contributed by atoms with Crippen molar-refractivity contribution in [2.24, 2.45) is 21.4 Å². The van der Waals surface area contributed by atoms with Crippen molar-refractivity contribution in [1.82, 2.24) is 0 Å². The maximum atomic E-state index is 13.6. The lowest BCUT2D eigenvalue weighted by atomic mass is 9.64. The number of carbonyl (C=O) groups is 2. The molecular formula is C27H25IN2O5. The predicted octanol–water partition coefficient (Wildman–Crippen LogP) is 5.77. The van der Waals surface area contributed by atoms with Crippen LogP contribution in [0.25, 0.3) is 11.0 Å². The van der Waals surface area contributed by atoms with E-state index in [-0.39, 0.29) is 11.5 Å². The Hall–Kier alpha value is -3.01. The van der Waals surface area contributed by atoms with Gasteiger partial charge in [0.2, 0.25) is 5.91 Å². The minimum atomic E-state index is -0.876. The van der Waals surface area contributed by atoms with Gasteiger partial charge in [-0.1, -0.05) is 44.1 Å². The highest BCUT2D eigenvalue weighted by Gasteiger charge is 2.71. The van der Waals surface area contributed by atoms with E-state index < -0.39 is 27.8 Å². The first-order valence-corrected chi connectivity index (χ1v) is 12.5. The summed E-state index contributed by atoms with van der Waals surface area (Å²) in [7, 11) is 0. The van der Waals surface area contributed by atoms with Crippen molar-refractivity contribution >= 4 is 56.8 Å². The molecule has 0 aliphatic heterocycles. The Morgan fingerprint density at radius 1 is 1.06 bits per heavy atom.